The number of aryl methyl sites for hydroxylation is 1. The second-order valence-electron chi connectivity index (χ2n) is 14.5. The van der Waals surface area contributed by atoms with Gasteiger partial charge in [0.1, 0.15) is 0 Å². The lowest BCUT2D eigenvalue weighted by Crippen LogP contribution is -2.51. The van der Waals surface area contributed by atoms with Crippen LogP contribution in [0.2, 0.25) is 0 Å². The zero-order valence-corrected chi connectivity index (χ0v) is 25.7. The molecule has 8 atom stereocenters. The molecule has 212 valence electrons. The van der Waals surface area contributed by atoms with Gasteiger partial charge in [-0.2, -0.15) is 8.42 Å². The minimum atomic E-state index is -3.74. The second kappa shape index (κ2) is 10.7. The van der Waals surface area contributed by atoms with Gasteiger partial charge in [-0.3, -0.25) is 4.18 Å². The van der Waals surface area contributed by atoms with Crippen molar-refractivity contribution in [3.63, 3.8) is 0 Å². The highest BCUT2D eigenvalue weighted by molar-refractivity contribution is 7.86. The Morgan fingerprint density at radius 3 is 2.47 bits per heavy atom. The summed E-state index contributed by atoms with van der Waals surface area (Å²) >= 11 is 0. The van der Waals surface area contributed by atoms with Crippen molar-refractivity contribution in [3.05, 3.63) is 41.5 Å². The van der Waals surface area contributed by atoms with Gasteiger partial charge in [0.2, 0.25) is 0 Å². The monoisotopic (exact) mass is 540 g/mol. The van der Waals surface area contributed by atoms with Crippen LogP contribution >= 0.6 is 0 Å². The van der Waals surface area contributed by atoms with E-state index in [4.69, 9.17) is 4.18 Å². The third-order valence-corrected chi connectivity index (χ3v) is 13.4. The number of hydrogen-bond acceptors (Lipinski definition) is 3. The van der Waals surface area contributed by atoms with Crippen molar-refractivity contribution < 1.29 is 12.6 Å². The topological polar surface area (TPSA) is 43.4 Å². The predicted octanol–water partition coefficient (Wildman–Crippen LogP) is 9.11. The maximum absolute atomic E-state index is 13.1. The number of hydrogen-bond donors (Lipinski definition) is 0. The maximum atomic E-state index is 13.1. The molecule has 0 aliphatic heterocycles. The first-order valence-corrected chi connectivity index (χ1v) is 17.0. The van der Waals surface area contributed by atoms with E-state index in [-0.39, 0.29) is 11.5 Å². The van der Waals surface area contributed by atoms with Crippen LogP contribution < -0.4 is 0 Å². The third-order valence-electron chi connectivity index (χ3n) is 11.9. The largest absolute Gasteiger partial charge is 0.297 e. The molecule has 3 fully saturated rings. The molecule has 1 aromatic rings. The Morgan fingerprint density at radius 1 is 0.974 bits per heavy atom. The zero-order valence-electron chi connectivity index (χ0n) is 24.8. The fourth-order valence-electron chi connectivity index (χ4n) is 9.80. The summed E-state index contributed by atoms with van der Waals surface area (Å²) in [6.07, 6.45) is 15.8. The van der Waals surface area contributed by atoms with Crippen LogP contribution in [0.25, 0.3) is 0 Å². The Kier molecular flexibility index (Phi) is 7.99. The van der Waals surface area contributed by atoms with Crippen LogP contribution in [0.1, 0.15) is 111 Å². The Hall–Kier alpha value is -1.13. The van der Waals surface area contributed by atoms with Gasteiger partial charge in [0, 0.05) is 0 Å². The molecular weight excluding hydrogens is 488 g/mol. The molecule has 0 saturated heterocycles. The van der Waals surface area contributed by atoms with Crippen molar-refractivity contribution in [2.75, 3.05) is 0 Å². The molecule has 3 saturated carbocycles. The minimum absolute atomic E-state index is 0.206. The average molecular weight is 541 g/mol. The summed E-state index contributed by atoms with van der Waals surface area (Å²) in [6, 6.07) is 7.16. The Morgan fingerprint density at radius 2 is 1.74 bits per heavy atom. The van der Waals surface area contributed by atoms with Gasteiger partial charge >= 0.3 is 0 Å². The Balaban J connectivity index is 1.28. The van der Waals surface area contributed by atoms with E-state index >= 15 is 0 Å². The van der Waals surface area contributed by atoms with Crippen LogP contribution in [0, 0.1) is 53.3 Å². The fourth-order valence-corrected chi connectivity index (χ4v) is 11.1. The Labute approximate surface area is 233 Å². The highest BCUT2D eigenvalue weighted by atomic mass is 32.2. The Bertz CT molecular complexity index is 1140. The van der Waals surface area contributed by atoms with E-state index in [0.29, 0.717) is 10.3 Å². The quantitative estimate of drug-likeness (QED) is 0.244. The molecular formula is C34H52O3S. The normalized spacial score (nSPS) is 37.8. The van der Waals surface area contributed by atoms with Crippen molar-refractivity contribution in [1.82, 2.24) is 0 Å². The van der Waals surface area contributed by atoms with E-state index in [2.05, 4.69) is 40.7 Å². The van der Waals surface area contributed by atoms with Gasteiger partial charge in [-0.25, -0.2) is 0 Å². The molecule has 0 amide bonds. The van der Waals surface area contributed by atoms with E-state index in [9.17, 15) is 8.42 Å². The highest BCUT2D eigenvalue weighted by Crippen LogP contribution is 2.67. The summed E-state index contributed by atoms with van der Waals surface area (Å²) in [7, 11) is -3.74. The minimum Gasteiger partial charge on any atom is -0.263 e. The first-order chi connectivity index (χ1) is 18.0. The van der Waals surface area contributed by atoms with Crippen molar-refractivity contribution in [2.45, 2.75) is 123 Å². The molecule has 0 bridgehead atoms. The van der Waals surface area contributed by atoms with Crippen molar-refractivity contribution >= 4 is 10.1 Å². The van der Waals surface area contributed by atoms with Gasteiger partial charge in [0.25, 0.3) is 10.1 Å². The molecule has 1 aromatic carbocycles. The molecule has 38 heavy (non-hydrogen) atoms. The van der Waals surface area contributed by atoms with E-state index in [1.165, 1.54) is 56.9 Å². The second-order valence-corrected chi connectivity index (χ2v) is 16.0. The van der Waals surface area contributed by atoms with Crippen molar-refractivity contribution in [3.8, 4) is 0 Å². The SMILES string of the molecule is Cc1ccccc1S(=O)(=O)O[C@H]1CC[C@@]2(C)C(=CC[C@H]3[C@@H]4CC[C@H](C(C)CCCC(C)C)[C@@]4(C)CC[C@@H]32)C1. The standard InChI is InChI=1S/C34H52O3S/c1-23(2)10-9-12-24(3)29-16-17-30-28-15-14-26-22-27(37-38(35,36)32-13-8-7-11-25(32)4)18-20-33(26,5)31(28)19-21-34(29,30)6/h7-8,11,13-14,23-24,27-31H,9-10,12,15-22H2,1-6H3/t24?,27-,28-,29+,30-,31-,33-,34+/m0/s1. The molecule has 0 radical (unpaired) electrons. The van der Waals surface area contributed by atoms with Gasteiger partial charge in [0.15, 0.2) is 0 Å². The molecule has 1 unspecified atom stereocenters. The van der Waals surface area contributed by atoms with E-state index < -0.39 is 10.1 Å². The molecule has 4 heteroatoms. The molecule has 0 heterocycles. The van der Waals surface area contributed by atoms with Crippen LogP contribution in [0.15, 0.2) is 40.8 Å². The molecule has 0 N–H and O–H groups in total. The van der Waals surface area contributed by atoms with Gasteiger partial charge in [0.05, 0.1) is 11.0 Å². The lowest BCUT2D eigenvalue weighted by Gasteiger charge is -2.58. The fraction of sp³-hybridized carbons (Fsp3) is 0.765. The summed E-state index contributed by atoms with van der Waals surface area (Å²) in [5.74, 6) is 4.93. The number of allylic oxidation sites excluding steroid dienone is 1. The van der Waals surface area contributed by atoms with Crippen molar-refractivity contribution in [2.24, 2.45) is 46.3 Å². The molecule has 0 spiro atoms. The van der Waals surface area contributed by atoms with Crippen LogP contribution in [0.5, 0.6) is 0 Å². The summed E-state index contributed by atoms with van der Waals surface area (Å²) in [6.45, 7) is 14.3. The first-order valence-electron chi connectivity index (χ1n) is 15.6. The molecule has 4 aliphatic carbocycles. The van der Waals surface area contributed by atoms with Gasteiger partial charge in [-0.15, -0.1) is 0 Å². The van der Waals surface area contributed by atoms with Crippen LogP contribution in [-0.4, -0.2) is 14.5 Å². The van der Waals surface area contributed by atoms with E-state index in [0.717, 1.165) is 60.3 Å². The van der Waals surface area contributed by atoms with Crippen molar-refractivity contribution in [1.29, 1.82) is 0 Å². The lowest BCUT2D eigenvalue weighted by atomic mass is 9.47. The summed E-state index contributed by atoms with van der Waals surface area (Å²) in [4.78, 5) is 0.312. The van der Waals surface area contributed by atoms with Crippen LogP contribution in [-0.2, 0) is 14.3 Å². The molecule has 4 aliphatic rings. The van der Waals surface area contributed by atoms with E-state index in [1.54, 1.807) is 12.1 Å². The number of benzene rings is 1. The van der Waals surface area contributed by atoms with E-state index in [1.807, 2.05) is 19.1 Å². The van der Waals surface area contributed by atoms with Gasteiger partial charge < -0.3 is 0 Å². The van der Waals surface area contributed by atoms with Crippen LogP contribution in [0.3, 0.4) is 0 Å². The smallest absolute Gasteiger partial charge is 0.263 e. The number of fused-ring (bicyclic) bond motifs is 5. The third kappa shape index (κ3) is 5.06. The highest BCUT2D eigenvalue weighted by Gasteiger charge is 2.59. The van der Waals surface area contributed by atoms with Gasteiger partial charge in [-0.1, -0.05) is 83.7 Å². The molecule has 5 rings (SSSR count). The average Bonchev–Trinajstić information content (AvgIpc) is 3.21. The molecule has 0 aromatic heterocycles. The number of rotatable bonds is 8. The summed E-state index contributed by atoms with van der Waals surface area (Å²) in [5, 5.41) is 0. The predicted molar refractivity (Wildman–Crippen MR) is 156 cm³/mol. The van der Waals surface area contributed by atoms with Crippen LogP contribution in [0.4, 0.5) is 0 Å². The zero-order chi connectivity index (χ0) is 27.3. The first kappa shape index (κ1) is 28.4. The van der Waals surface area contributed by atoms with Gasteiger partial charge in [-0.05, 0) is 116 Å². The maximum Gasteiger partial charge on any atom is 0.297 e. The molecule has 3 nitrogen and oxygen atoms in total. The lowest BCUT2D eigenvalue weighted by molar-refractivity contribution is -0.0556. The summed E-state index contributed by atoms with van der Waals surface area (Å²) < 4.78 is 32.1. The summed E-state index contributed by atoms with van der Waals surface area (Å²) in [5.41, 5.74) is 2.94.